The first-order valence-electron chi connectivity index (χ1n) is 8.27. The van der Waals surface area contributed by atoms with Crippen LogP contribution in [0.3, 0.4) is 0 Å². The molecule has 0 saturated carbocycles. The third-order valence-electron chi connectivity index (χ3n) is 4.68. The van der Waals surface area contributed by atoms with Gasteiger partial charge in [-0.25, -0.2) is 4.98 Å². The van der Waals surface area contributed by atoms with Crippen molar-refractivity contribution in [3.8, 4) is 0 Å². The Morgan fingerprint density at radius 1 is 1.38 bits per heavy atom. The lowest BCUT2D eigenvalue weighted by molar-refractivity contribution is 0.101. The highest BCUT2D eigenvalue weighted by atomic mass is 79.9. The first kappa shape index (κ1) is 17.5. The van der Waals surface area contributed by atoms with Gasteiger partial charge in [-0.15, -0.1) is 0 Å². The highest BCUT2D eigenvalue weighted by Gasteiger charge is 2.22. The molecule has 1 aliphatic carbocycles. The van der Waals surface area contributed by atoms with Gasteiger partial charge in [-0.05, 0) is 59.7 Å². The van der Waals surface area contributed by atoms with Crippen LogP contribution in [0, 0.1) is 5.92 Å². The van der Waals surface area contributed by atoms with E-state index in [1.807, 2.05) is 23.7 Å². The van der Waals surface area contributed by atoms with Crippen LogP contribution < -0.4 is 5.32 Å². The molecule has 1 aliphatic rings. The van der Waals surface area contributed by atoms with E-state index < -0.39 is 0 Å². The number of benzene rings is 1. The van der Waals surface area contributed by atoms with Gasteiger partial charge < -0.3 is 9.88 Å². The number of carbonyl (C=O) groups excluding carboxylic acids is 1. The minimum atomic E-state index is -0.225. The molecule has 0 spiro atoms. The lowest BCUT2D eigenvalue weighted by Gasteiger charge is -2.16. The van der Waals surface area contributed by atoms with E-state index in [9.17, 15) is 4.79 Å². The van der Waals surface area contributed by atoms with E-state index in [0.29, 0.717) is 16.5 Å². The molecule has 0 radical (unpaired) electrons. The fourth-order valence-corrected chi connectivity index (χ4v) is 3.77. The molecule has 128 valence electrons. The van der Waals surface area contributed by atoms with Crippen LogP contribution in [0.1, 0.15) is 48.2 Å². The van der Waals surface area contributed by atoms with E-state index in [1.165, 1.54) is 12.1 Å². The maximum absolute atomic E-state index is 12.7. The van der Waals surface area contributed by atoms with Crippen LogP contribution in [0.5, 0.6) is 0 Å². The van der Waals surface area contributed by atoms with Gasteiger partial charge in [0.1, 0.15) is 0 Å². The van der Waals surface area contributed by atoms with Gasteiger partial charge in [0.25, 0.3) is 5.91 Å². The summed E-state index contributed by atoms with van der Waals surface area (Å²) in [5.74, 6) is 0.952. The average Bonchev–Trinajstić information content (AvgIpc) is 2.83. The molecule has 4 nitrogen and oxygen atoms in total. The monoisotopic (exact) mass is 409 g/mol. The number of anilines is 1. The molecule has 6 heteroatoms. The largest absolute Gasteiger partial charge is 0.327 e. The fourth-order valence-electron chi connectivity index (χ4n) is 3.23. The Bertz CT molecular complexity index is 772. The fraction of sp³-hybridized carbons (Fsp3) is 0.444. The van der Waals surface area contributed by atoms with Gasteiger partial charge in [-0.2, -0.15) is 0 Å². The molecule has 2 aromatic rings. The summed E-state index contributed by atoms with van der Waals surface area (Å²) in [5.41, 5.74) is 2.84. The maximum atomic E-state index is 12.7. The Labute approximate surface area is 155 Å². The molecular formula is C18H21BrClN3O. The van der Waals surface area contributed by atoms with Crippen molar-refractivity contribution in [3.05, 3.63) is 44.9 Å². The summed E-state index contributed by atoms with van der Waals surface area (Å²) in [6.45, 7) is 2.30. The van der Waals surface area contributed by atoms with Crippen LogP contribution in [0.25, 0.3) is 0 Å². The lowest BCUT2D eigenvalue weighted by atomic mass is 9.93. The molecule has 1 amide bonds. The molecule has 3 rings (SSSR count). The molecule has 1 N–H and O–H groups in total. The van der Waals surface area contributed by atoms with Crippen LogP contribution in [-0.4, -0.2) is 15.5 Å². The third-order valence-corrected chi connectivity index (χ3v) is 5.98. The maximum Gasteiger partial charge on any atom is 0.291 e. The van der Waals surface area contributed by atoms with Gasteiger partial charge in [-0.3, -0.25) is 4.79 Å². The van der Waals surface area contributed by atoms with Crippen LogP contribution >= 0.6 is 27.5 Å². The van der Waals surface area contributed by atoms with Crippen LogP contribution in [0.4, 0.5) is 5.69 Å². The number of hydrogen-bond donors (Lipinski definition) is 1. The summed E-state index contributed by atoms with van der Waals surface area (Å²) in [6, 6.07) is 5.46. The average molecular weight is 411 g/mol. The Kier molecular flexibility index (Phi) is 5.30. The van der Waals surface area contributed by atoms with E-state index in [2.05, 4.69) is 33.2 Å². The molecule has 0 fully saturated rings. The molecule has 1 atom stereocenters. The van der Waals surface area contributed by atoms with Gasteiger partial charge in [-0.1, -0.05) is 31.0 Å². The van der Waals surface area contributed by atoms with Gasteiger partial charge >= 0.3 is 0 Å². The summed E-state index contributed by atoms with van der Waals surface area (Å²) in [7, 11) is 1.93. The molecule has 1 heterocycles. The smallest absolute Gasteiger partial charge is 0.291 e. The zero-order chi connectivity index (χ0) is 17.3. The van der Waals surface area contributed by atoms with Crippen molar-refractivity contribution in [1.29, 1.82) is 0 Å². The Hall–Kier alpha value is -1.33. The molecule has 24 heavy (non-hydrogen) atoms. The summed E-state index contributed by atoms with van der Waals surface area (Å²) < 4.78 is 2.69. The van der Waals surface area contributed by atoms with Gasteiger partial charge in [0.05, 0.1) is 16.4 Å². The number of amides is 1. The molecule has 1 unspecified atom stereocenters. The van der Waals surface area contributed by atoms with Crippen LogP contribution in [0.15, 0.2) is 22.7 Å². The summed E-state index contributed by atoms with van der Waals surface area (Å²) >= 11 is 9.61. The second-order valence-electron chi connectivity index (χ2n) is 6.48. The highest BCUT2D eigenvalue weighted by Crippen LogP contribution is 2.30. The highest BCUT2D eigenvalue weighted by molar-refractivity contribution is 9.10. The number of aryl methyl sites for hydroxylation is 1. The van der Waals surface area contributed by atoms with Crippen molar-refractivity contribution in [3.63, 3.8) is 0 Å². The summed E-state index contributed by atoms with van der Waals surface area (Å²) in [5, 5.41) is 3.37. The number of rotatable bonds is 2. The zero-order valence-corrected chi connectivity index (χ0v) is 16.2. The van der Waals surface area contributed by atoms with Crippen molar-refractivity contribution in [2.24, 2.45) is 13.0 Å². The quantitative estimate of drug-likeness (QED) is 0.758. The van der Waals surface area contributed by atoms with Gasteiger partial charge in [0.2, 0.25) is 0 Å². The van der Waals surface area contributed by atoms with E-state index in [-0.39, 0.29) is 5.91 Å². The second kappa shape index (κ2) is 7.28. The molecule has 1 aromatic carbocycles. The SMILES string of the molecule is CC1CCCc2nc(C(=O)Nc3cccc(Br)c3Cl)n(C)c2CC1. The van der Waals surface area contributed by atoms with Crippen LogP contribution in [0.2, 0.25) is 5.02 Å². The minimum Gasteiger partial charge on any atom is -0.327 e. The lowest BCUT2D eigenvalue weighted by Crippen LogP contribution is -2.18. The number of hydrogen-bond acceptors (Lipinski definition) is 2. The second-order valence-corrected chi connectivity index (χ2v) is 7.71. The topological polar surface area (TPSA) is 46.9 Å². The Balaban J connectivity index is 1.87. The first-order chi connectivity index (χ1) is 11.5. The Morgan fingerprint density at radius 2 is 2.17 bits per heavy atom. The van der Waals surface area contributed by atoms with Crippen molar-refractivity contribution < 1.29 is 4.79 Å². The number of imidazole rings is 1. The van der Waals surface area contributed by atoms with Crippen molar-refractivity contribution in [2.45, 2.75) is 39.0 Å². The minimum absolute atomic E-state index is 0.225. The van der Waals surface area contributed by atoms with Gasteiger partial charge in [0, 0.05) is 17.2 Å². The van der Waals surface area contributed by atoms with E-state index in [1.54, 1.807) is 6.07 Å². The predicted octanol–water partition coefficient (Wildman–Crippen LogP) is 4.99. The zero-order valence-electron chi connectivity index (χ0n) is 13.9. The van der Waals surface area contributed by atoms with Crippen LogP contribution in [-0.2, 0) is 19.9 Å². The van der Waals surface area contributed by atoms with Crippen molar-refractivity contribution >= 4 is 39.1 Å². The molecule has 1 aromatic heterocycles. The molecular weight excluding hydrogens is 390 g/mol. The number of carbonyl (C=O) groups is 1. The molecule has 0 aliphatic heterocycles. The normalized spacial score (nSPS) is 17.8. The van der Waals surface area contributed by atoms with E-state index in [4.69, 9.17) is 11.6 Å². The van der Waals surface area contributed by atoms with Gasteiger partial charge in [0.15, 0.2) is 5.82 Å². The Morgan fingerprint density at radius 3 is 2.96 bits per heavy atom. The third kappa shape index (κ3) is 3.52. The summed E-state index contributed by atoms with van der Waals surface area (Å²) in [4.78, 5) is 17.3. The number of aromatic nitrogens is 2. The number of fused-ring (bicyclic) bond motifs is 1. The molecule has 0 bridgehead atoms. The predicted molar refractivity (Wildman–Crippen MR) is 101 cm³/mol. The van der Waals surface area contributed by atoms with E-state index in [0.717, 1.165) is 41.8 Å². The number of halogens is 2. The van der Waals surface area contributed by atoms with Crippen molar-refractivity contribution in [1.82, 2.24) is 9.55 Å². The molecule has 0 saturated heterocycles. The standard InChI is InChI=1S/C18H21BrClN3O/c1-11-5-3-7-13-15(10-9-11)23(2)17(21-13)18(24)22-14-8-4-6-12(19)16(14)20/h4,6,8,11H,3,5,7,9-10H2,1-2H3,(H,22,24). The number of nitrogens with one attached hydrogen (secondary N) is 1. The number of nitrogens with zero attached hydrogens (tertiary/aromatic N) is 2. The van der Waals surface area contributed by atoms with Crippen molar-refractivity contribution in [2.75, 3.05) is 5.32 Å². The first-order valence-corrected chi connectivity index (χ1v) is 9.44. The van der Waals surface area contributed by atoms with E-state index >= 15 is 0 Å². The summed E-state index contributed by atoms with van der Waals surface area (Å²) in [6.07, 6.45) is 5.42.